The quantitative estimate of drug-likeness (QED) is 0.380. The number of aryl methyl sites for hydroxylation is 1. The third kappa shape index (κ3) is 5.78. The van der Waals surface area contributed by atoms with Crippen LogP contribution in [-0.4, -0.2) is 26.2 Å². The number of carboxylic acid groups (broad SMARTS) is 1. The van der Waals surface area contributed by atoms with Gasteiger partial charge in [0.2, 0.25) is 0 Å². The molecule has 2 N–H and O–H groups in total. The second-order valence-electron chi connectivity index (χ2n) is 8.20. The summed E-state index contributed by atoms with van der Waals surface area (Å²) in [6, 6.07) is 17.6. The van der Waals surface area contributed by atoms with Crippen molar-refractivity contribution in [3.8, 4) is 0 Å². The van der Waals surface area contributed by atoms with E-state index in [1.807, 2.05) is 67.7 Å². The lowest BCUT2D eigenvalue weighted by Crippen LogP contribution is -2.53. The van der Waals surface area contributed by atoms with Crippen LogP contribution in [0, 0.1) is 0 Å². The van der Waals surface area contributed by atoms with Gasteiger partial charge in [0.05, 0.1) is 12.2 Å². The summed E-state index contributed by atoms with van der Waals surface area (Å²) < 4.78 is 2.18. The summed E-state index contributed by atoms with van der Waals surface area (Å²) in [6.07, 6.45) is 5.76. The minimum Gasteiger partial charge on any atom is -0.480 e. The fourth-order valence-electron chi connectivity index (χ4n) is 3.94. The van der Waals surface area contributed by atoms with Gasteiger partial charge in [0.1, 0.15) is 11.4 Å². The van der Waals surface area contributed by atoms with Crippen LogP contribution in [0.15, 0.2) is 60.8 Å². The minimum atomic E-state index is -1.05. The first-order chi connectivity index (χ1) is 15.5. The highest BCUT2D eigenvalue weighted by molar-refractivity contribution is 6.31. The molecular weight excluding hydrogens is 422 g/mol. The molecule has 32 heavy (non-hydrogen) atoms. The number of hydrogen-bond donors (Lipinski definition) is 2. The number of nitrogens with one attached hydrogen (secondary N) is 1. The standard InChI is InChI=1S/C26H32ClN3O2/c1-3-5-15-24-28-17-22(30(24)19-21-13-9-10-14-23(21)27)18-29-26(4-2,25(31)32)16-20-11-7-6-8-12-20/h6-14,17,29H,3-5,15-16,18-19H2,1-2H3,(H,31,32). The molecule has 3 aromatic rings. The van der Waals surface area contributed by atoms with E-state index in [4.69, 9.17) is 11.6 Å². The van der Waals surface area contributed by atoms with Crippen LogP contribution in [0.2, 0.25) is 5.02 Å². The maximum absolute atomic E-state index is 12.3. The molecule has 2 aromatic carbocycles. The topological polar surface area (TPSA) is 67.2 Å². The summed E-state index contributed by atoms with van der Waals surface area (Å²) in [5, 5.41) is 14.2. The van der Waals surface area contributed by atoms with Crippen molar-refractivity contribution in [3.63, 3.8) is 0 Å². The van der Waals surface area contributed by atoms with Gasteiger partial charge >= 0.3 is 5.97 Å². The average Bonchev–Trinajstić information content (AvgIpc) is 3.18. The Morgan fingerprint density at radius 3 is 2.50 bits per heavy atom. The Kier molecular flexibility index (Phi) is 8.48. The van der Waals surface area contributed by atoms with Gasteiger partial charge in [-0.3, -0.25) is 10.1 Å². The number of unbranched alkanes of at least 4 members (excludes halogenated alkanes) is 1. The van der Waals surface area contributed by atoms with Gasteiger partial charge in [-0.05, 0) is 30.0 Å². The third-order valence-electron chi connectivity index (χ3n) is 6.03. The molecule has 1 heterocycles. The zero-order valence-electron chi connectivity index (χ0n) is 18.9. The highest BCUT2D eigenvalue weighted by atomic mass is 35.5. The fourth-order valence-corrected chi connectivity index (χ4v) is 4.13. The van der Waals surface area contributed by atoms with Crippen LogP contribution in [0.5, 0.6) is 0 Å². The average molecular weight is 454 g/mol. The molecule has 0 radical (unpaired) electrons. The smallest absolute Gasteiger partial charge is 0.324 e. The van der Waals surface area contributed by atoms with E-state index in [-0.39, 0.29) is 0 Å². The van der Waals surface area contributed by atoms with Crippen molar-refractivity contribution in [2.75, 3.05) is 0 Å². The van der Waals surface area contributed by atoms with Gasteiger partial charge in [0.25, 0.3) is 0 Å². The molecule has 0 aliphatic carbocycles. The van der Waals surface area contributed by atoms with Crippen LogP contribution in [0.25, 0.3) is 0 Å². The maximum atomic E-state index is 12.3. The number of halogens is 1. The predicted octanol–water partition coefficient (Wildman–Crippen LogP) is 5.49. The van der Waals surface area contributed by atoms with Crippen LogP contribution in [-0.2, 0) is 30.7 Å². The number of imidazole rings is 1. The number of nitrogens with zero attached hydrogens (tertiary/aromatic N) is 2. The molecule has 0 spiro atoms. The van der Waals surface area contributed by atoms with Crippen molar-refractivity contribution in [1.29, 1.82) is 0 Å². The van der Waals surface area contributed by atoms with Crippen LogP contribution in [0.3, 0.4) is 0 Å². The fraction of sp³-hybridized carbons (Fsp3) is 0.385. The third-order valence-corrected chi connectivity index (χ3v) is 6.40. The molecule has 6 heteroatoms. The number of hydrogen-bond acceptors (Lipinski definition) is 3. The Labute approximate surface area is 195 Å². The highest BCUT2D eigenvalue weighted by Gasteiger charge is 2.36. The molecule has 0 aliphatic rings. The molecule has 0 saturated carbocycles. The molecule has 1 atom stereocenters. The first-order valence-electron chi connectivity index (χ1n) is 11.3. The first-order valence-corrected chi connectivity index (χ1v) is 11.7. The number of rotatable bonds is 12. The van der Waals surface area contributed by atoms with Gasteiger partial charge < -0.3 is 9.67 Å². The van der Waals surface area contributed by atoms with E-state index < -0.39 is 11.5 Å². The van der Waals surface area contributed by atoms with Crippen LogP contribution in [0.1, 0.15) is 55.8 Å². The largest absolute Gasteiger partial charge is 0.480 e. The van der Waals surface area contributed by atoms with Crippen molar-refractivity contribution in [1.82, 2.24) is 14.9 Å². The van der Waals surface area contributed by atoms with Crippen molar-refractivity contribution in [2.24, 2.45) is 0 Å². The molecule has 0 aliphatic heterocycles. The van der Waals surface area contributed by atoms with Gasteiger partial charge in [0, 0.05) is 30.6 Å². The lowest BCUT2D eigenvalue weighted by Gasteiger charge is -2.30. The van der Waals surface area contributed by atoms with Crippen LogP contribution in [0.4, 0.5) is 0 Å². The van der Waals surface area contributed by atoms with E-state index in [1.165, 1.54) is 0 Å². The van der Waals surface area contributed by atoms with Crippen LogP contribution >= 0.6 is 11.6 Å². The van der Waals surface area contributed by atoms with Gasteiger partial charge in [-0.25, -0.2) is 4.98 Å². The van der Waals surface area contributed by atoms with Crippen molar-refractivity contribution >= 4 is 17.6 Å². The summed E-state index contributed by atoms with van der Waals surface area (Å²) in [7, 11) is 0. The highest BCUT2D eigenvalue weighted by Crippen LogP contribution is 2.22. The summed E-state index contributed by atoms with van der Waals surface area (Å²) in [6.45, 7) is 5.10. The van der Waals surface area contributed by atoms with Gasteiger partial charge in [0.15, 0.2) is 0 Å². The molecule has 0 bridgehead atoms. The lowest BCUT2D eigenvalue weighted by atomic mass is 9.88. The van der Waals surface area contributed by atoms with Crippen molar-refractivity contribution in [3.05, 3.63) is 88.5 Å². The summed E-state index contributed by atoms with van der Waals surface area (Å²) >= 11 is 6.43. The Bertz CT molecular complexity index is 1020. The molecule has 3 rings (SSSR count). The van der Waals surface area contributed by atoms with Crippen molar-refractivity contribution in [2.45, 2.75) is 64.6 Å². The van der Waals surface area contributed by atoms with E-state index >= 15 is 0 Å². The second kappa shape index (κ2) is 11.3. The first kappa shape index (κ1) is 24.0. The van der Waals surface area contributed by atoms with Gasteiger partial charge in [-0.15, -0.1) is 0 Å². The number of carbonyl (C=O) groups is 1. The Balaban J connectivity index is 1.86. The number of aliphatic carboxylic acids is 1. The molecular formula is C26H32ClN3O2. The minimum absolute atomic E-state index is 0.413. The SMILES string of the molecule is CCCCc1ncc(CNC(CC)(Cc2ccccc2)C(=O)O)n1Cc1ccccc1Cl. The predicted molar refractivity (Wildman–Crippen MR) is 129 cm³/mol. The summed E-state index contributed by atoms with van der Waals surface area (Å²) in [4.78, 5) is 17.0. The van der Waals surface area contributed by atoms with E-state index in [1.54, 1.807) is 0 Å². The number of benzene rings is 2. The zero-order chi connectivity index (χ0) is 23.0. The summed E-state index contributed by atoms with van der Waals surface area (Å²) in [5.41, 5.74) is 1.93. The number of aromatic nitrogens is 2. The Hall–Kier alpha value is -2.63. The monoisotopic (exact) mass is 453 g/mol. The molecule has 0 fully saturated rings. The Morgan fingerprint density at radius 2 is 1.84 bits per heavy atom. The molecule has 0 saturated heterocycles. The molecule has 0 amide bonds. The second-order valence-corrected chi connectivity index (χ2v) is 8.61. The van der Waals surface area contributed by atoms with Gasteiger partial charge in [-0.2, -0.15) is 0 Å². The Morgan fingerprint density at radius 1 is 1.12 bits per heavy atom. The molecule has 1 unspecified atom stereocenters. The summed E-state index contributed by atoms with van der Waals surface area (Å²) in [5.74, 6) is 0.163. The van der Waals surface area contributed by atoms with E-state index in [9.17, 15) is 9.90 Å². The molecule has 1 aromatic heterocycles. The normalized spacial score (nSPS) is 13.1. The van der Waals surface area contributed by atoms with Crippen molar-refractivity contribution < 1.29 is 9.90 Å². The van der Waals surface area contributed by atoms with Crippen LogP contribution < -0.4 is 5.32 Å². The van der Waals surface area contributed by atoms with Gasteiger partial charge in [-0.1, -0.05) is 80.4 Å². The maximum Gasteiger partial charge on any atom is 0.324 e. The molecule has 5 nitrogen and oxygen atoms in total. The lowest BCUT2D eigenvalue weighted by molar-refractivity contribution is -0.145. The van der Waals surface area contributed by atoms with E-state index in [2.05, 4.69) is 21.8 Å². The zero-order valence-corrected chi connectivity index (χ0v) is 19.6. The van der Waals surface area contributed by atoms with E-state index in [0.717, 1.165) is 46.9 Å². The van der Waals surface area contributed by atoms with E-state index in [0.29, 0.717) is 25.9 Å². The number of carboxylic acids is 1. The molecule has 170 valence electrons.